The molecule has 11 heteroatoms. The molecule has 0 spiro atoms. The summed E-state index contributed by atoms with van der Waals surface area (Å²) in [5, 5.41) is 6.73. The number of amides is 3. The van der Waals surface area contributed by atoms with E-state index in [4.69, 9.17) is 0 Å². The Morgan fingerprint density at radius 3 is 2.25 bits per heavy atom. The van der Waals surface area contributed by atoms with Crippen molar-refractivity contribution in [3.8, 4) is 5.69 Å². The van der Waals surface area contributed by atoms with E-state index in [1.54, 1.807) is 27.7 Å². The maximum absolute atomic E-state index is 13.0. The van der Waals surface area contributed by atoms with Crippen molar-refractivity contribution in [2.24, 2.45) is 11.8 Å². The number of anilines is 1. The Labute approximate surface area is 206 Å². The Balaban J connectivity index is 1.74. The number of aromatic nitrogens is 3. The van der Waals surface area contributed by atoms with E-state index < -0.39 is 41.3 Å². The molecule has 2 heterocycles. The molecule has 0 bridgehead atoms. The third-order valence-electron chi connectivity index (χ3n) is 5.15. The molecule has 3 rings (SSSR count). The summed E-state index contributed by atoms with van der Waals surface area (Å²) in [6, 6.07) is 9.18. The number of imide groups is 1. The van der Waals surface area contributed by atoms with Gasteiger partial charge in [-0.25, -0.2) is 14.6 Å². The van der Waals surface area contributed by atoms with Gasteiger partial charge in [0.05, 0.1) is 17.4 Å². The fourth-order valence-corrected chi connectivity index (χ4v) is 3.22. The fourth-order valence-electron chi connectivity index (χ4n) is 3.22. The predicted molar refractivity (Wildman–Crippen MR) is 126 cm³/mol. The lowest BCUT2D eigenvalue weighted by Gasteiger charge is -2.23. The Morgan fingerprint density at radius 1 is 1.00 bits per heavy atom. The standard InChI is InChI=1S/C25H26F3N5O3/c1-15(2)23(35)33(24(36)16(3)4)21-10-6-9-20(31-21)22(34)29-12-17-13-30-32(14-17)19-8-5-7-18(11-19)25(26,27)28/h5-11,13-16H,12H2,1-4H3,(H,29,34). The number of hydrogen-bond acceptors (Lipinski definition) is 5. The Kier molecular flexibility index (Phi) is 7.91. The smallest absolute Gasteiger partial charge is 0.347 e. The molecule has 190 valence electrons. The van der Waals surface area contributed by atoms with Crippen LogP contribution in [0, 0.1) is 11.8 Å². The van der Waals surface area contributed by atoms with Crippen LogP contribution in [0.15, 0.2) is 54.9 Å². The number of pyridine rings is 1. The molecular weight excluding hydrogens is 475 g/mol. The highest BCUT2D eigenvalue weighted by atomic mass is 19.4. The Morgan fingerprint density at radius 2 is 1.64 bits per heavy atom. The minimum Gasteiger partial charge on any atom is -0.347 e. The molecule has 0 aliphatic rings. The summed E-state index contributed by atoms with van der Waals surface area (Å²) >= 11 is 0. The molecule has 0 radical (unpaired) electrons. The van der Waals surface area contributed by atoms with Gasteiger partial charge >= 0.3 is 6.18 Å². The number of alkyl halides is 3. The van der Waals surface area contributed by atoms with Gasteiger partial charge < -0.3 is 5.32 Å². The first-order valence-corrected chi connectivity index (χ1v) is 11.2. The first-order valence-electron chi connectivity index (χ1n) is 11.2. The minimum atomic E-state index is -4.48. The highest BCUT2D eigenvalue weighted by molar-refractivity contribution is 6.15. The molecule has 1 N–H and O–H groups in total. The number of carbonyl (C=O) groups excluding carboxylic acids is 3. The molecule has 3 aromatic rings. The summed E-state index contributed by atoms with van der Waals surface area (Å²) in [5.74, 6) is -2.28. The van der Waals surface area contributed by atoms with Crippen molar-refractivity contribution >= 4 is 23.5 Å². The van der Waals surface area contributed by atoms with Crippen molar-refractivity contribution in [3.63, 3.8) is 0 Å². The van der Waals surface area contributed by atoms with Crippen LogP contribution in [0.25, 0.3) is 5.69 Å². The van der Waals surface area contributed by atoms with Crippen LogP contribution in [0.5, 0.6) is 0 Å². The maximum atomic E-state index is 13.0. The van der Waals surface area contributed by atoms with E-state index in [9.17, 15) is 27.6 Å². The number of rotatable bonds is 7. The second kappa shape index (κ2) is 10.7. The summed E-state index contributed by atoms with van der Waals surface area (Å²) in [7, 11) is 0. The fraction of sp³-hybridized carbons (Fsp3) is 0.320. The monoisotopic (exact) mass is 501 g/mol. The van der Waals surface area contributed by atoms with E-state index in [1.807, 2.05) is 0 Å². The van der Waals surface area contributed by atoms with Crippen molar-refractivity contribution in [3.05, 3.63) is 71.7 Å². The third kappa shape index (κ3) is 6.15. The molecule has 0 fully saturated rings. The second-order valence-electron chi connectivity index (χ2n) is 8.73. The van der Waals surface area contributed by atoms with Gasteiger partial charge in [-0.15, -0.1) is 0 Å². The van der Waals surface area contributed by atoms with Crippen molar-refractivity contribution < 1.29 is 27.6 Å². The minimum absolute atomic E-state index is 0.00381. The molecule has 0 aliphatic heterocycles. The zero-order valence-electron chi connectivity index (χ0n) is 20.2. The molecule has 0 saturated heterocycles. The van der Waals surface area contributed by atoms with Gasteiger partial charge in [0, 0.05) is 30.1 Å². The second-order valence-corrected chi connectivity index (χ2v) is 8.73. The zero-order valence-corrected chi connectivity index (χ0v) is 20.2. The Bertz CT molecular complexity index is 1250. The van der Waals surface area contributed by atoms with E-state index in [0.717, 1.165) is 17.0 Å². The molecule has 36 heavy (non-hydrogen) atoms. The van der Waals surface area contributed by atoms with Crippen LogP contribution in [0.2, 0.25) is 0 Å². The normalized spacial score (nSPS) is 11.6. The van der Waals surface area contributed by atoms with Gasteiger partial charge in [0.15, 0.2) is 0 Å². The average molecular weight is 502 g/mol. The predicted octanol–water partition coefficient (Wildman–Crippen LogP) is 4.39. The quantitative estimate of drug-likeness (QED) is 0.518. The zero-order chi connectivity index (χ0) is 26.6. The van der Waals surface area contributed by atoms with E-state index in [2.05, 4.69) is 15.4 Å². The van der Waals surface area contributed by atoms with Crippen molar-refractivity contribution in [1.82, 2.24) is 20.1 Å². The van der Waals surface area contributed by atoms with E-state index in [0.29, 0.717) is 5.56 Å². The molecule has 0 saturated carbocycles. The number of hydrogen-bond donors (Lipinski definition) is 1. The van der Waals surface area contributed by atoms with Gasteiger partial charge in [-0.1, -0.05) is 39.8 Å². The lowest BCUT2D eigenvalue weighted by molar-refractivity contribution is -0.137. The summed E-state index contributed by atoms with van der Waals surface area (Å²) in [6.07, 6.45) is -1.55. The molecule has 0 atom stereocenters. The first-order chi connectivity index (χ1) is 16.9. The molecule has 2 aromatic heterocycles. The maximum Gasteiger partial charge on any atom is 0.416 e. The molecule has 3 amide bonds. The van der Waals surface area contributed by atoms with Gasteiger partial charge in [-0.3, -0.25) is 14.4 Å². The van der Waals surface area contributed by atoms with Crippen LogP contribution >= 0.6 is 0 Å². The topological polar surface area (TPSA) is 97.2 Å². The van der Waals surface area contributed by atoms with Crippen molar-refractivity contribution in [2.45, 2.75) is 40.4 Å². The van der Waals surface area contributed by atoms with Crippen LogP contribution in [0.3, 0.4) is 0 Å². The highest BCUT2D eigenvalue weighted by Crippen LogP contribution is 2.30. The van der Waals surface area contributed by atoms with Crippen LogP contribution in [-0.4, -0.2) is 32.5 Å². The molecule has 1 aromatic carbocycles. The summed E-state index contributed by atoms with van der Waals surface area (Å²) in [5.41, 5.74) is -0.0295. The van der Waals surface area contributed by atoms with Crippen molar-refractivity contribution in [2.75, 3.05) is 4.90 Å². The summed E-state index contributed by atoms with van der Waals surface area (Å²) in [4.78, 5) is 43.3. The van der Waals surface area contributed by atoms with Gasteiger partial charge in [-0.2, -0.15) is 18.3 Å². The number of carbonyl (C=O) groups is 3. The van der Waals surface area contributed by atoms with Gasteiger partial charge in [0.2, 0.25) is 11.8 Å². The summed E-state index contributed by atoms with van der Waals surface area (Å²) < 4.78 is 40.2. The van der Waals surface area contributed by atoms with E-state index in [1.165, 1.54) is 47.4 Å². The molecule has 8 nitrogen and oxygen atoms in total. The van der Waals surface area contributed by atoms with Crippen LogP contribution in [0.1, 0.15) is 49.3 Å². The van der Waals surface area contributed by atoms with Crippen LogP contribution in [0.4, 0.5) is 19.0 Å². The number of nitrogens with one attached hydrogen (secondary N) is 1. The van der Waals surface area contributed by atoms with Gasteiger partial charge in [0.1, 0.15) is 11.5 Å². The van der Waals surface area contributed by atoms with Crippen LogP contribution < -0.4 is 10.2 Å². The van der Waals surface area contributed by atoms with Crippen molar-refractivity contribution in [1.29, 1.82) is 0 Å². The third-order valence-corrected chi connectivity index (χ3v) is 5.15. The van der Waals surface area contributed by atoms with E-state index in [-0.39, 0.29) is 23.7 Å². The number of halogens is 3. The largest absolute Gasteiger partial charge is 0.416 e. The number of nitrogens with zero attached hydrogens (tertiary/aromatic N) is 4. The van der Waals surface area contributed by atoms with Gasteiger partial charge in [-0.05, 0) is 30.3 Å². The molecule has 0 aliphatic carbocycles. The number of benzene rings is 1. The lowest BCUT2D eigenvalue weighted by atomic mass is 10.1. The van der Waals surface area contributed by atoms with E-state index >= 15 is 0 Å². The molecular formula is C25H26F3N5O3. The van der Waals surface area contributed by atoms with Crippen LogP contribution in [-0.2, 0) is 22.3 Å². The lowest BCUT2D eigenvalue weighted by Crippen LogP contribution is -2.42. The first kappa shape index (κ1) is 26.6. The molecule has 0 unspecified atom stereocenters. The highest BCUT2D eigenvalue weighted by Gasteiger charge is 2.31. The SMILES string of the molecule is CC(C)C(=O)N(C(=O)C(C)C)c1cccc(C(=O)NCc2cnn(-c3cccc(C(F)(F)F)c3)c2)n1. The summed E-state index contributed by atoms with van der Waals surface area (Å²) in [6.45, 7) is 6.69. The average Bonchev–Trinajstić information content (AvgIpc) is 3.31. The van der Waals surface area contributed by atoms with Gasteiger partial charge in [0.25, 0.3) is 5.91 Å². The Hall–Kier alpha value is -4.02.